The topological polar surface area (TPSA) is 75.5 Å². The van der Waals surface area contributed by atoms with Gasteiger partial charge >= 0.3 is 0 Å². The molecule has 0 saturated carbocycles. The predicted molar refractivity (Wildman–Crippen MR) is 102 cm³/mol. The molecule has 5 heterocycles. The molecule has 1 aliphatic rings. The first-order valence-corrected chi connectivity index (χ1v) is 9.74. The number of hydrogen-bond acceptors (Lipinski definition) is 6. The summed E-state index contributed by atoms with van der Waals surface area (Å²) in [6, 6.07) is 2.05. The molecule has 0 aliphatic carbocycles. The maximum Gasteiger partial charge on any atom is 0.142 e. The van der Waals surface area contributed by atoms with E-state index in [4.69, 9.17) is 0 Å². The van der Waals surface area contributed by atoms with Crippen molar-refractivity contribution in [2.75, 3.05) is 18.0 Å². The average molecular weight is 365 g/mol. The molecule has 1 fully saturated rings. The van der Waals surface area contributed by atoms with Crippen molar-refractivity contribution in [3.8, 4) is 0 Å². The van der Waals surface area contributed by atoms with E-state index in [0.717, 1.165) is 55.0 Å². The summed E-state index contributed by atoms with van der Waals surface area (Å²) >= 11 is 1.64. The molecule has 0 atom stereocenters. The van der Waals surface area contributed by atoms with Crippen LogP contribution in [0.3, 0.4) is 0 Å². The third-order valence-electron chi connectivity index (χ3n) is 5.06. The van der Waals surface area contributed by atoms with Gasteiger partial charge in [0.25, 0.3) is 0 Å². The van der Waals surface area contributed by atoms with Crippen molar-refractivity contribution in [2.24, 2.45) is 0 Å². The third kappa shape index (κ3) is 2.76. The Morgan fingerprint density at radius 3 is 2.92 bits per heavy atom. The Bertz CT molecular complexity index is 996. The van der Waals surface area contributed by atoms with E-state index >= 15 is 0 Å². The number of imidazole rings is 1. The number of fused-ring (bicyclic) bond motifs is 1. The fourth-order valence-corrected chi connectivity index (χ4v) is 4.31. The molecular formula is C18H19N7S. The van der Waals surface area contributed by atoms with Crippen LogP contribution in [0.25, 0.3) is 11.0 Å². The Morgan fingerprint density at radius 2 is 2.08 bits per heavy atom. The minimum atomic E-state index is 0.475. The Morgan fingerprint density at radius 1 is 1.15 bits per heavy atom. The third-order valence-corrected chi connectivity index (χ3v) is 5.69. The Labute approximate surface area is 154 Å². The zero-order chi connectivity index (χ0) is 17.3. The number of nitrogens with zero attached hydrogens (tertiary/aromatic N) is 6. The van der Waals surface area contributed by atoms with Crippen LogP contribution in [-0.4, -0.2) is 42.6 Å². The van der Waals surface area contributed by atoms with E-state index in [0.29, 0.717) is 5.92 Å². The first kappa shape index (κ1) is 15.5. The summed E-state index contributed by atoms with van der Waals surface area (Å²) in [5.74, 6) is 2.68. The molecule has 5 rings (SSSR count). The SMILES string of the molecule is c1cn(Cc2cscn2)c(C2CCN(c3ncnc4[nH]ccc34)CC2)n1. The normalized spacial score (nSPS) is 15.8. The quantitative estimate of drug-likeness (QED) is 0.602. The number of nitrogens with one attached hydrogen (secondary N) is 1. The monoisotopic (exact) mass is 365 g/mol. The van der Waals surface area contributed by atoms with Crippen LogP contribution in [0.15, 0.2) is 41.9 Å². The van der Waals surface area contributed by atoms with Gasteiger partial charge in [-0.25, -0.2) is 19.9 Å². The lowest BCUT2D eigenvalue weighted by Crippen LogP contribution is -2.34. The highest BCUT2D eigenvalue weighted by atomic mass is 32.1. The largest absolute Gasteiger partial charge is 0.356 e. The number of thiazole rings is 1. The van der Waals surface area contributed by atoms with E-state index in [1.54, 1.807) is 17.7 Å². The van der Waals surface area contributed by atoms with E-state index in [9.17, 15) is 0 Å². The molecule has 4 aromatic rings. The molecule has 132 valence electrons. The van der Waals surface area contributed by atoms with Crippen LogP contribution in [0.1, 0.15) is 30.3 Å². The zero-order valence-electron chi connectivity index (χ0n) is 14.2. The minimum absolute atomic E-state index is 0.475. The van der Waals surface area contributed by atoms with Crippen LogP contribution < -0.4 is 4.90 Å². The van der Waals surface area contributed by atoms with Crippen LogP contribution in [0.4, 0.5) is 5.82 Å². The van der Waals surface area contributed by atoms with Crippen LogP contribution in [-0.2, 0) is 6.54 Å². The van der Waals surface area contributed by atoms with Gasteiger partial charge in [0.15, 0.2) is 0 Å². The number of H-pyrrole nitrogens is 1. The fraction of sp³-hybridized carbons (Fsp3) is 0.333. The molecule has 8 heteroatoms. The molecule has 0 radical (unpaired) electrons. The first-order valence-electron chi connectivity index (χ1n) is 8.79. The van der Waals surface area contributed by atoms with Gasteiger partial charge in [-0.2, -0.15) is 0 Å². The molecule has 7 nitrogen and oxygen atoms in total. The summed E-state index contributed by atoms with van der Waals surface area (Å²) in [6.07, 6.45) is 9.68. The standard InChI is InChI=1S/C18H19N7S/c1-4-19-16-15(1)18(22-11-21-16)24-6-2-13(3-7-24)17-20-5-8-25(17)9-14-10-26-12-23-14/h1,4-5,8,10-13H,2-3,6-7,9H2,(H,19,21,22). The highest BCUT2D eigenvalue weighted by Gasteiger charge is 2.25. The van der Waals surface area contributed by atoms with Gasteiger partial charge in [-0.05, 0) is 18.9 Å². The summed E-state index contributed by atoms with van der Waals surface area (Å²) in [7, 11) is 0. The van der Waals surface area contributed by atoms with Gasteiger partial charge in [-0.3, -0.25) is 0 Å². The lowest BCUT2D eigenvalue weighted by Gasteiger charge is -2.32. The van der Waals surface area contributed by atoms with Crippen LogP contribution in [0, 0.1) is 0 Å². The van der Waals surface area contributed by atoms with Crippen molar-refractivity contribution in [3.05, 3.63) is 53.4 Å². The Hall–Kier alpha value is -2.74. The molecule has 4 aromatic heterocycles. The summed E-state index contributed by atoms with van der Waals surface area (Å²) in [5.41, 5.74) is 3.88. The number of hydrogen-bond donors (Lipinski definition) is 1. The molecule has 0 spiro atoms. The Kier molecular flexibility index (Phi) is 3.89. The number of aromatic amines is 1. The van der Waals surface area contributed by atoms with Gasteiger partial charge in [0.1, 0.15) is 23.6 Å². The van der Waals surface area contributed by atoms with Gasteiger partial charge in [0.2, 0.25) is 0 Å². The second-order valence-electron chi connectivity index (χ2n) is 6.59. The van der Waals surface area contributed by atoms with Crippen molar-refractivity contribution >= 4 is 28.2 Å². The minimum Gasteiger partial charge on any atom is -0.356 e. The second-order valence-corrected chi connectivity index (χ2v) is 7.31. The summed E-state index contributed by atoms with van der Waals surface area (Å²) in [4.78, 5) is 23.4. The first-order chi connectivity index (χ1) is 12.9. The molecule has 26 heavy (non-hydrogen) atoms. The molecular weight excluding hydrogens is 346 g/mol. The highest BCUT2D eigenvalue weighted by Crippen LogP contribution is 2.31. The highest BCUT2D eigenvalue weighted by molar-refractivity contribution is 7.07. The summed E-state index contributed by atoms with van der Waals surface area (Å²) < 4.78 is 2.24. The maximum absolute atomic E-state index is 4.65. The van der Waals surface area contributed by atoms with E-state index in [1.807, 2.05) is 17.9 Å². The Balaban J connectivity index is 1.32. The number of piperidine rings is 1. The summed E-state index contributed by atoms with van der Waals surface area (Å²) in [5, 5.41) is 3.19. The second kappa shape index (κ2) is 6.53. The number of anilines is 1. The number of rotatable bonds is 4. The van der Waals surface area contributed by atoms with Crippen LogP contribution >= 0.6 is 11.3 Å². The van der Waals surface area contributed by atoms with Gasteiger partial charge in [0.05, 0.1) is 23.1 Å². The van der Waals surface area contributed by atoms with Crippen LogP contribution in [0.2, 0.25) is 0 Å². The van der Waals surface area contributed by atoms with Gasteiger partial charge < -0.3 is 14.5 Å². The van der Waals surface area contributed by atoms with Crippen molar-refractivity contribution in [1.29, 1.82) is 0 Å². The predicted octanol–water partition coefficient (Wildman–Crippen LogP) is 3.04. The molecule has 0 aromatic carbocycles. The van der Waals surface area contributed by atoms with Gasteiger partial charge in [0, 0.05) is 43.0 Å². The van der Waals surface area contributed by atoms with Crippen molar-refractivity contribution in [1.82, 2.24) is 29.5 Å². The molecule has 1 N–H and O–H groups in total. The molecule has 0 bridgehead atoms. The van der Waals surface area contributed by atoms with E-state index in [1.165, 1.54) is 5.82 Å². The van der Waals surface area contributed by atoms with Crippen LogP contribution in [0.5, 0.6) is 0 Å². The fourth-order valence-electron chi connectivity index (χ4n) is 3.76. The molecule has 0 amide bonds. The van der Waals surface area contributed by atoms with Crippen molar-refractivity contribution < 1.29 is 0 Å². The van der Waals surface area contributed by atoms with E-state index < -0.39 is 0 Å². The van der Waals surface area contributed by atoms with Gasteiger partial charge in [-0.1, -0.05) is 0 Å². The lowest BCUT2D eigenvalue weighted by atomic mass is 9.95. The zero-order valence-corrected chi connectivity index (χ0v) is 15.1. The van der Waals surface area contributed by atoms with E-state index in [-0.39, 0.29) is 0 Å². The number of aromatic nitrogens is 6. The average Bonchev–Trinajstić information content (AvgIpc) is 3.43. The lowest BCUT2D eigenvalue weighted by molar-refractivity contribution is 0.468. The van der Waals surface area contributed by atoms with Gasteiger partial charge in [-0.15, -0.1) is 11.3 Å². The summed E-state index contributed by atoms with van der Waals surface area (Å²) in [6.45, 7) is 2.76. The van der Waals surface area contributed by atoms with Crippen molar-refractivity contribution in [2.45, 2.75) is 25.3 Å². The van der Waals surface area contributed by atoms with Crippen molar-refractivity contribution in [3.63, 3.8) is 0 Å². The van der Waals surface area contributed by atoms with E-state index in [2.05, 4.69) is 52.0 Å². The molecule has 1 saturated heterocycles. The molecule has 1 aliphatic heterocycles. The smallest absolute Gasteiger partial charge is 0.142 e. The maximum atomic E-state index is 4.65. The molecule has 0 unspecified atom stereocenters.